The van der Waals surface area contributed by atoms with Gasteiger partial charge in [0.25, 0.3) is 5.91 Å². The summed E-state index contributed by atoms with van der Waals surface area (Å²) in [5.41, 5.74) is 7.91. The number of carbonyl (C=O) groups excluding carboxylic acids is 1. The second kappa shape index (κ2) is 13.3. The number of para-hydroxylation sites is 1. The number of ether oxygens (including phenoxy) is 5. The molecule has 0 bridgehead atoms. The lowest BCUT2D eigenvalue weighted by molar-refractivity contribution is 0.0236. The van der Waals surface area contributed by atoms with Crippen molar-refractivity contribution < 1.29 is 36.9 Å². The molecule has 0 fully saturated rings. The topological polar surface area (TPSA) is 130 Å². The van der Waals surface area contributed by atoms with E-state index in [4.69, 9.17) is 29.4 Å². The Morgan fingerprint density at radius 1 is 1.07 bits per heavy atom. The molecule has 1 amide bonds. The van der Waals surface area contributed by atoms with E-state index in [0.717, 1.165) is 11.3 Å². The molecule has 3 aromatic rings. The van der Waals surface area contributed by atoms with Crippen LogP contribution in [0.5, 0.6) is 23.0 Å². The number of methoxy groups -OCH3 is 1. The Morgan fingerprint density at radius 2 is 1.80 bits per heavy atom. The van der Waals surface area contributed by atoms with Crippen LogP contribution in [0.2, 0.25) is 0 Å². The first-order chi connectivity index (χ1) is 21.1. The predicted molar refractivity (Wildman–Crippen MR) is 165 cm³/mol. The zero-order chi connectivity index (χ0) is 31.4. The van der Waals surface area contributed by atoms with Crippen LogP contribution in [0, 0.1) is 5.92 Å². The monoisotopic (exact) mass is 625 g/mol. The fourth-order valence-corrected chi connectivity index (χ4v) is 6.46. The molecule has 0 aromatic heterocycles. The van der Waals surface area contributed by atoms with Gasteiger partial charge >= 0.3 is 0 Å². The molecule has 0 saturated carbocycles. The molecule has 0 saturated heterocycles. The summed E-state index contributed by atoms with van der Waals surface area (Å²) in [6, 6.07) is 17.0. The zero-order valence-electron chi connectivity index (χ0n) is 25.4. The van der Waals surface area contributed by atoms with Crippen LogP contribution in [0.25, 0.3) is 0 Å². The van der Waals surface area contributed by atoms with Gasteiger partial charge in [-0.2, -0.15) is 4.31 Å². The highest BCUT2D eigenvalue weighted by atomic mass is 32.2. The summed E-state index contributed by atoms with van der Waals surface area (Å²) in [4.78, 5) is 15.7. The van der Waals surface area contributed by atoms with Gasteiger partial charge in [0.15, 0.2) is 17.2 Å². The van der Waals surface area contributed by atoms with Crippen molar-refractivity contribution in [2.24, 2.45) is 5.92 Å². The van der Waals surface area contributed by atoms with E-state index in [9.17, 15) is 13.2 Å². The van der Waals surface area contributed by atoms with Gasteiger partial charge in [0, 0.05) is 25.6 Å². The highest BCUT2D eigenvalue weighted by Gasteiger charge is 2.36. The maximum absolute atomic E-state index is 13.8. The molecule has 2 aliphatic rings. The van der Waals surface area contributed by atoms with Crippen LogP contribution < -0.4 is 24.7 Å². The summed E-state index contributed by atoms with van der Waals surface area (Å²) in [6.07, 6.45) is -0.613. The molecule has 0 aliphatic carbocycles. The van der Waals surface area contributed by atoms with Crippen LogP contribution in [-0.2, 0) is 21.4 Å². The van der Waals surface area contributed by atoms with Crippen molar-refractivity contribution >= 4 is 21.6 Å². The Balaban J connectivity index is 1.34. The predicted octanol–water partition coefficient (Wildman–Crippen LogP) is 3.81. The van der Waals surface area contributed by atoms with Gasteiger partial charge in [0.05, 0.1) is 49.1 Å². The van der Waals surface area contributed by atoms with Gasteiger partial charge < -0.3 is 34.3 Å². The molecule has 2 aliphatic heterocycles. The highest BCUT2D eigenvalue weighted by Crippen LogP contribution is 2.35. The molecule has 0 radical (unpaired) electrons. The maximum Gasteiger partial charge on any atom is 0.258 e. The van der Waals surface area contributed by atoms with Crippen LogP contribution >= 0.6 is 0 Å². The van der Waals surface area contributed by atoms with E-state index in [-0.39, 0.29) is 35.1 Å². The summed E-state index contributed by atoms with van der Waals surface area (Å²) in [5.74, 6) is 1.43. The van der Waals surface area contributed by atoms with E-state index in [1.165, 1.54) is 23.5 Å². The van der Waals surface area contributed by atoms with Crippen molar-refractivity contribution in [1.29, 1.82) is 0 Å². The smallest absolute Gasteiger partial charge is 0.258 e. The van der Waals surface area contributed by atoms with E-state index in [0.29, 0.717) is 55.7 Å². The molecule has 0 unspecified atom stereocenters. The Kier molecular flexibility index (Phi) is 9.52. The molecule has 11 nitrogen and oxygen atoms in total. The quantitative estimate of drug-likeness (QED) is 0.334. The van der Waals surface area contributed by atoms with Gasteiger partial charge in [0.1, 0.15) is 25.1 Å². The number of fused-ring (bicyclic) bond motifs is 2. The molecule has 3 aromatic carbocycles. The Bertz CT molecular complexity index is 1580. The summed E-state index contributed by atoms with van der Waals surface area (Å²) < 4.78 is 57.2. The third-order valence-electron chi connectivity index (χ3n) is 7.90. The third-order valence-corrected chi connectivity index (χ3v) is 9.72. The second-order valence-electron chi connectivity index (χ2n) is 11.1. The standard InChI is InChI=1S/C32H39N3O8S/c1-21-17-35(22(2)19-40-20-23-8-10-24(39-4)11-9-23)32(36)26-6-5-7-27(33)31(26)43-30(21)18-34(3)44(37,38)25-12-13-28-29(16-25)42-15-14-41-28/h5-13,16,21-22,30H,14-15,17-20,33H2,1-4H3/t21-,22+,30+/m1/s1. The van der Waals surface area contributed by atoms with E-state index in [1.807, 2.05) is 38.1 Å². The van der Waals surface area contributed by atoms with Crippen molar-refractivity contribution in [3.8, 4) is 23.0 Å². The molecule has 0 spiro atoms. The van der Waals surface area contributed by atoms with Crippen LogP contribution in [0.15, 0.2) is 65.6 Å². The van der Waals surface area contributed by atoms with Gasteiger partial charge in [0.2, 0.25) is 10.0 Å². The van der Waals surface area contributed by atoms with Crippen LogP contribution in [0.1, 0.15) is 29.8 Å². The number of amides is 1. The summed E-state index contributed by atoms with van der Waals surface area (Å²) >= 11 is 0. The van der Waals surface area contributed by atoms with Crippen LogP contribution in [0.3, 0.4) is 0 Å². The number of carbonyl (C=O) groups is 1. The number of hydrogen-bond acceptors (Lipinski definition) is 9. The normalized spacial score (nSPS) is 19.0. The number of likely N-dealkylation sites (N-methyl/N-ethyl adjacent to an activating group) is 1. The Hall–Kier alpha value is -4.00. The molecule has 236 valence electrons. The van der Waals surface area contributed by atoms with Gasteiger partial charge in [-0.25, -0.2) is 8.42 Å². The number of sulfonamides is 1. The van der Waals surface area contributed by atoms with Gasteiger partial charge in [-0.05, 0) is 48.9 Å². The minimum Gasteiger partial charge on any atom is -0.497 e. The Labute approximate surface area is 258 Å². The lowest BCUT2D eigenvalue weighted by Crippen LogP contribution is -2.50. The average Bonchev–Trinajstić information content (AvgIpc) is 3.03. The SMILES string of the molecule is COc1ccc(COC[C@H](C)N2C[C@@H](C)[C@H](CN(C)S(=O)(=O)c3ccc4c(c3)OCCO4)Oc3c(N)cccc3C2=O)cc1. The molecular formula is C32H39N3O8S. The van der Waals surface area contributed by atoms with E-state index in [1.54, 1.807) is 36.3 Å². The van der Waals surface area contributed by atoms with Crippen molar-refractivity contribution in [2.45, 2.75) is 37.5 Å². The van der Waals surface area contributed by atoms with Crippen molar-refractivity contribution in [3.63, 3.8) is 0 Å². The van der Waals surface area contributed by atoms with E-state index >= 15 is 0 Å². The molecule has 3 atom stereocenters. The molecular weight excluding hydrogens is 586 g/mol. The maximum atomic E-state index is 13.8. The first-order valence-corrected chi connectivity index (χ1v) is 15.9. The van der Waals surface area contributed by atoms with E-state index < -0.39 is 16.1 Å². The fraction of sp³-hybridized carbons (Fsp3) is 0.406. The van der Waals surface area contributed by atoms with Crippen LogP contribution in [0.4, 0.5) is 5.69 Å². The number of hydrogen-bond donors (Lipinski definition) is 1. The summed E-state index contributed by atoms with van der Waals surface area (Å²) in [6.45, 7) is 5.65. The first-order valence-electron chi connectivity index (χ1n) is 14.5. The molecule has 2 N–H and O–H groups in total. The van der Waals surface area contributed by atoms with Crippen molar-refractivity contribution in [3.05, 3.63) is 71.8 Å². The van der Waals surface area contributed by atoms with Crippen molar-refractivity contribution in [2.75, 3.05) is 52.8 Å². The largest absolute Gasteiger partial charge is 0.497 e. The van der Waals surface area contributed by atoms with Gasteiger partial charge in [-0.1, -0.05) is 25.1 Å². The third kappa shape index (κ3) is 6.72. The average molecular weight is 626 g/mol. The zero-order valence-corrected chi connectivity index (χ0v) is 26.2. The Morgan fingerprint density at radius 3 is 2.52 bits per heavy atom. The molecule has 5 rings (SSSR count). The second-order valence-corrected chi connectivity index (χ2v) is 13.2. The number of nitrogens with zero attached hydrogens (tertiary/aromatic N) is 2. The molecule has 44 heavy (non-hydrogen) atoms. The number of anilines is 1. The van der Waals surface area contributed by atoms with E-state index in [2.05, 4.69) is 0 Å². The highest BCUT2D eigenvalue weighted by molar-refractivity contribution is 7.89. The fourth-order valence-electron chi connectivity index (χ4n) is 5.26. The minimum atomic E-state index is -3.91. The number of nitrogens with two attached hydrogens (primary N) is 1. The summed E-state index contributed by atoms with van der Waals surface area (Å²) in [7, 11) is -0.782. The van der Waals surface area contributed by atoms with Crippen molar-refractivity contribution in [1.82, 2.24) is 9.21 Å². The number of rotatable bonds is 10. The lowest BCUT2D eigenvalue weighted by Gasteiger charge is -2.38. The molecule has 2 heterocycles. The first kappa shape index (κ1) is 31.4. The molecule has 12 heteroatoms. The summed E-state index contributed by atoms with van der Waals surface area (Å²) in [5, 5.41) is 0. The van der Waals surface area contributed by atoms with Crippen LogP contribution in [-0.4, -0.2) is 82.7 Å². The minimum absolute atomic E-state index is 0.0239. The van der Waals surface area contributed by atoms with Gasteiger partial charge in [-0.3, -0.25) is 4.79 Å². The van der Waals surface area contributed by atoms with Gasteiger partial charge in [-0.15, -0.1) is 0 Å². The number of nitrogen functional groups attached to an aromatic ring is 1. The lowest BCUT2D eigenvalue weighted by atomic mass is 9.99. The number of benzene rings is 3.